The molecular formula is C23H27N5O3. The van der Waals surface area contributed by atoms with Gasteiger partial charge in [-0.2, -0.15) is 5.10 Å². The maximum Gasteiger partial charge on any atom is 0.287 e. The Morgan fingerprint density at radius 2 is 2.10 bits per heavy atom. The van der Waals surface area contributed by atoms with E-state index in [1.807, 2.05) is 29.5 Å². The number of aromatic nitrogens is 3. The van der Waals surface area contributed by atoms with Gasteiger partial charge in [0.15, 0.2) is 11.3 Å². The van der Waals surface area contributed by atoms with Gasteiger partial charge in [-0.15, -0.1) is 0 Å². The zero-order chi connectivity index (χ0) is 21.6. The van der Waals surface area contributed by atoms with Crippen LogP contribution in [0.5, 0.6) is 0 Å². The van der Waals surface area contributed by atoms with E-state index in [1.165, 1.54) is 0 Å². The topological polar surface area (TPSA) is 93.3 Å². The van der Waals surface area contributed by atoms with Crippen LogP contribution >= 0.6 is 0 Å². The summed E-state index contributed by atoms with van der Waals surface area (Å²) in [4.78, 5) is 31.4. The van der Waals surface area contributed by atoms with Crippen LogP contribution in [0.3, 0.4) is 0 Å². The Hall–Kier alpha value is -3.16. The van der Waals surface area contributed by atoms with Crippen LogP contribution in [0, 0.1) is 18.3 Å². The molecular weight excluding hydrogens is 394 g/mol. The first-order valence-corrected chi connectivity index (χ1v) is 10.9. The summed E-state index contributed by atoms with van der Waals surface area (Å²) < 4.78 is 7.45. The number of pyridine rings is 1. The number of piperidine rings is 1. The van der Waals surface area contributed by atoms with Crippen LogP contribution in [0.15, 0.2) is 35.1 Å². The van der Waals surface area contributed by atoms with Gasteiger partial charge in [-0.05, 0) is 56.6 Å². The lowest BCUT2D eigenvalue weighted by atomic mass is 9.90. The standard InChI is InChI=1S/C23H27N5O3/c1-3-28-15(2)18(13-26-28)22(30)27-8-5-23(6-9-27)11-17(23)12-25-21(29)19-10-16-4-7-24-14-20(16)31-19/h4,7,10,13-14,17H,3,5-6,8-9,11-12H2,1-2H3,(H,25,29). The minimum absolute atomic E-state index is 0.0805. The third kappa shape index (κ3) is 3.49. The third-order valence-electron chi connectivity index (χ3n) is 7.09. The van der Waals surface area contributed by atoms with Gasteiger partial charge in [0.05, 0.1) is 18.0 Å². The minimum atomic E-state index is -0.186. The van der Waals surface area contributed by atoms with E-state index in [9.17, 15) is 9.59 Å². The minimum Gasteiger partial charge on any atom is -0.449 e. The molecule has 2 amide bonds. The molecule has 3 aromatic heterocycles. The summed E-state index contributed by atoms with van der Waals surface area (Å²) in [6, 6.07) is 3.58. The van der Waals surface area contributed by atoms with Crippen molar-refractivity contribution in [3.05, 3.63) is 47.7 Å². The van der Waals surface area contributed by atoms with Crippen molar-refractivity contribution in [2.75, 3.05) is 19.6 Å². The number of hydrogen-bond donors (Lipinski definition) is 1. The lowest BCUT2D eigenvalue weighted by Crippen LogP contribution is -2.40. The highest BCUT2D eigenvalue weighted by atomic mass is 16.3. The molecule has 1 atom stereocenters. The van der Waals surface area contributed by atoms with Gasteiger partial charge in [0.25, 0.3) is 11.8 Å². The van der Waals surface area contributed by atoms with E-state index in [2.05, 4.69) is 15.4 Å². The predicted octanol–water partition coefficient (Wildman–Crippen LogP) is 3.02. The van der Waals surface area contributed by atoms with E-state index in [0.717, 1.165) is 50.0 Å². The molecule has 2 fully saturated rings. The first-order chi connectivity index (χ1) is 15.0. The van der Waals surface area contributed by atoms with Gasteiger partial charge in [-0.1, -0.05) is 0 Å². The number of aryl methyl sites for hydroxylation is 1. The molecule has 8 heteroatoms. The Morgan fingerprint density at radius 1 is 1.29 bits per heavy atom. The SMILES string of the molecule is CCn1ncc(C(=O)N2CCC3(CC2)CC3CNC(=O)c2cc3ccncc3o2)c1C. The van der Waals surface area contributed by atoms with Crippen molar-refractivity contribution in [3.8, 4) is 0 Å². The monoisotopic (exact) mass is 421 g/mol. The Labute approximate surface area is 180 Å². The van der Waals surface area contributed by atoms with Crippen LogP contribution in [0.4, 0.5) is 0 Å². The second-order valence-electron chi connectivity index (χ2n) is 8.75. The largest absolute Gasteiger partial charge is 0.449 e. The number of nitrogens with zero attached hydrogens (tertiary/aromatic N) is 4. The molecule has 1 aliphatic heterocycles. The summed E-state index contributed by atoms with van der Waals surface area (Å²) >= 11 is 0. The van der Waals surface area contributed by atoms with Crippen LogP contribution in [0.1, 0.15) is 52.8 Å². The molecule has 1 saturated heterocycles. The highest BCUT2D eigenvalue weighted by molar-refractivity contribution is 5.96. The van der Waals surface area contributed by atoms with Crippen LogP contribution in [-0.4, -0.2) is 51.1 Å². The molecule has 4 heterocycles. The number of carbonyl (C=O) groups is 2. The molecule has 31 heavy (non-hydrogen) atoms. The number of furan rings is 1. The molecule has 0 aromatic carbocycles. The Bertz CT molecular complexity index is 1110. The molecule has 0 radical (unpaired) electrons. The third-order valence-corrected chi connectivity index (χ3v) is 7.09. The second-order valence-corrected chi connectivity index (χ2v) is 8.75. The molecule has 0 bridgehead atoms. The van der Waals surface area contributed by atoms with Gasteiger partial charge >= 0.3 is 0 Å². The van der Waals surface area contributed by atoms with Gasteiger partial charge in [0, 0.05) is 43.5 Å². The highest BCUT2D eigenvalue weighted by Crippen LogP contribution is 2.59. The van der Waals surface area contributed by atoms with Crippen LogP contribution in [0.25, 0.3) is 11.0 Å². The van der Waals surface area contributed by atoms with Crippen molar-refractivity contribution in [3.63, 3.8) is 0 Å². The van der Waals surface area contributed by atoms with Gasteiger partial charge < -0.3 is 14.6 Å². The van der Waals surface area contributed by atoms with Gasteiger partial charge in [0.2, 0.25) is 0 Å². The number of carbonyl (C=O) groups excluding carboxylic acids is 2. The smallest absolute Gasteiger partial charge is 0.287 e. The van der Waals surface area contributed by atoms with Crippen LogP contribution < -0.4 is 5.32 Å². The average molecular weight is 422 g/mol. The lowest BCUT2D eigenvalue weighted by Gasteiger charge is -2.33. The summed E-state index contributed by atoms with van der Waals surface area (Å²) in [5, 5.41) is 8.20. The molecule has 1 spiro atoms. The van der Waals surface area contributed by atoms with Crippen LogP contribution in [-0.2, 0) is 6.54 Å². The van der Waals surface area contributed by atoms with E-state index < -0.39 is 0 Å². The van der Waals surface area contributed by atoms with Crippen molar-refractivity contribution in [1.29, 1.82) is 0 Å². The summed E-state index contributed by atoms with van der Waals surface area (Å²) in [7, 11) is 0. The van der Waals surface area contributed by atoms with Crippen molar-refractivity contribution in [2.24, 2.45) is 11.3 Å². The lowest BCUT2D eigenvalue weighted by molar-refractivity contribution is 0.0668. The number of amides is 2. The fraction of sp³-hybridized carbons (Fsp3) is 0.478. The van der Waals surface area contributed by atoms with Crippen molar-refractivity contribution in [1.82, 2.24) is 25.0 Å². The van der Waals surface area contributed by atoms with E-state index in [4.69, 9.17) is 4.42 Å². The maximum atomic E-state index is 12.9. The number of nitrogens with one attached hydrogen (secondary N) is 1. The maximum absolute atomic E-state index is 12.9. The molecule has 162 valence electrons. The van der Waals surface area contributed by atoms with Crippen molar-refractivity contribution >= 4 is 22.8 Å². The van der Waals surface area contributed by atoms with E-state index >= 15 is 0 Å². The summed E-state index contributed by atoms with van der Waals surface area (Å²) in [5.41, 5.74) is 2.51. The fourth-order valence-corrected chi connectivity index (χ4v) is 4.93. The fourth-order valence-electron chi connectivity index (χ4n) is 4.93. The van der Waals surface area contributed by atoms with E-state index in [1.54, 1.807) is 24.7 Å². The molecule has 5 rings (SSSR count). The zero-order valence-electron chi connectivity index (χ0n) is 17.9. The summed E-state index contributed by atoms with van der Waals surface area (Å²) in [6.45, 7) is 6.90. The zero-order valence-corrected chi connectivity index (χ0v) is 17.9. The first kappa shape index (κ1) is 19.8. The number of hydrogen-bond acceptors (Lipinski definition) is 5. The van der Waals surface area contributed by atoms with Gasteiger partial charge in [-0.25, -0.2) is 0 Å². The predicted molar refractivity (Wildman–Crippen MR) is 115 cm³/mol. The summed E-state index contributed by atoms with van der Waals surface area (Å²) in [5.74, 6) is 0.677. The quantitative estimate of drug-likeness (QED) is 0.684. The normalized spacial score (nSPS) is 19.7. The number of likely N-dealkylation sites (tertiary alicyclic amines) is 1. The first-order valence-electron chi connectivity index (χ1n) is 10.9. The average Bonchev–Trinajstić information content (AvgIpc) is 3.12. The molecule has 1 unspecified atom stereocenters. The Balaban J connectivity index is 1.14. The van der Waals surface area contributed by atoms with Gasteiger partial charge in [-0.3, -0.25) is 19.3 Å². The molecule has 3 aromatic rings. The molecule has 1 aliphatic carbocycles. The van der Waals surface area contributed by atoms with E-state index in [-0.39, 0.29) is 17.2 Å². The Kier molecular flexibility index (Phi) is 4.79. The van der Waals surface area contributed by atoms with Gasteiger partial charge in [0.1, 0.15) is 0 Å². The molecule has 2 aliphatic rings. The second kappa shape index (κ2) is 7.51. The van der Waals surface area contributed by atoms with Crippen LogP contribution in [0.2, 0.25) is 0 Å². The number of rotatable bonds is 5. The molecule has 1 N–H and O–H groups in total. The Morgan fingerprint density at radius 3 is 2.81 bits per heavy atom. The highest BCUT2D eigenvalue weighted by Gasteiger charge is 2.54. The van der Waals surface area contributed by atoms with Crippen molar-refractivity contribution < 1.29 is 14.0 Å². The summed E-state index contributed by atoms with van der Waals surface area (Å²) in [6.07, 6.45) is 8.06. The number of fused-ring (bicyclic) bond motifs is 1. The molecule has 8 nitrogen and oxygen atoms in total. The van der Waals surface area contributed by atoms with Crippen molar-refractivity contribution in [2.45, 2.75) is 39.7 Å². The van der Waals surface area contributed by atoms with E-state index in [0.29, 0.717) is 29.4 Å². The molecule has 1 saturated carbocycles.